The molecule has 0 saturated heterocycles. The Kier molecular flexibility index (Phi) is 5.58. The smallest absolute Gasteiger partial charge is 0.265 e. The summed E-state index contributed by atoms with van der Waals surface area (Å²) < 4.78 is 18.5. The predicted molar refractivity (Wildman–Crippen MR) is 98.1 cm³/mol. The summed E-state index contributed by atoms with van der Waals surface area (Å²) in [4.78, 5) is 24.5. The van der Waals surface area contributed by atoms with Crippen LogP contribution < -0.4 is 15.4 Å². The molecular weight excluding hydrogens is 379 g/mol. The first-order valence-electron chi connectivity index (χ1n) is 7.85. The van der Waals surface area contributed by atoms with Crippen molar-refractivity contribution in [3.8, 4) is 5.75 Å². The lowest BCUT2D eigenvalue weighted by Crippen LogP contribution is -2.43. The summed E-state index contributed by atoms with van der Waals surface area (Å²) in [6.45, 7) is 1.70. The van der Waals surface area contributed by atoms with Crippen LogP contribution in [0.15, 0.2) is 41.4 Å². The molecule has 1 atom stereocenters. The van der Waals surface area contributed by atoms with E-state index in [-0.39, 0.29) is 35.2 Å². The highest BCUT2D eigenvalue weighted by atomic mass is 35.5. The van der Waals surface area contributed by atoms with Gasteiger partial charge in [0.05, 0.1) is 15.9 Å². The Bertz CT molecular complexity index is 881. The quantitative estimate of drug-likeness (QED) is 0.788. The maximum absolute atomic E-state index is 13.3. The van der Waals surface area contributed by atoms with Crippen molar-refractivity contribution in [3.05, 3.63) is 62.7 Å². The van der Waals surface area contributed by atoms with Gasteiger partial charge in [0.25, 0.3) is 11.8 Å². The number of benzene rings is 1. The van der Waals surface area contributed by atoms with Crippen LogP contribution in [-0.2, 0) is 4.79 Å². The molecule has 136 valence electrons. The van der Waals surface area contributed by atoms with Crippen LogP contribution in [0.3, 0.4) is 0 Å². The monoisotopic (exact) mass is 394 g/mol. The van der Waals surface area contributed by atoms with Crippen molar-refractivity contribution in [2.24, 2.45) is 0 Å². The lowest BCUT2D eigenvalue weighted by molar-refractivity contribution is -0.123. The van der Waals surface area contributed by atoms with E-state index in [9.17, 15) is 14.0 Å². The summed E-state index contributed by atoms with van der Waals surface area (Å²) in [6, 6.07) is 5.65. The van der Waals surface area contributed by atoms with Crippen molar-refractivity contribution in [2.75, 3.05) is 6.61 Å². The Morgan fingerprint density at radius 3 is 2.81 bits per heavy atom. The molecule has 0 fully saturated rings. The third kappa shape index (κ3) is 4.62. The third-order valence-corrected chi connectivity index (χ3v) is 5.03. The fraction of sp³-hybridized carbons (Fsp3) is 0.222. The standard InChI is InChI=1S/C18H16ClFN2O3S/c1-10-4-16(26-9-10)18(24)22-12-5-11(6-12)21-17(23)8-25-13-2-3-14(19)15(20)7-13/h2-5,7,9,11H,6,8H2,1H3,(H,21,23)(H,22,24). The molecule has 5 nitrogen and oxygen atoms in total. The number of hydrogen-bond acceptors (Lipinski definition) is 4. The maximum Gasteiger partial charge on any atom is 0.265 e. The second kappa shape index (κ2) is 7.88. The van der Waals surface area contributed by atoms with Crippen LogP contribution in [0.25, 0.3) is 0 Å². The Labute approximate surface area is 158 Å². The van der Waals surface area contributed by atoms with E-state index in [1.807, 2.05) is 18.4 Å². The first-order chi connectivity index (χ1) is 12.4. The molecule has 1 aromatic carbocycles. The molecule has 1 aromatic heterocycles. The van der Waals surface area contributed by atoms with Gasteiger partial charge in [-0.1, -0.05) is 11.6 Å². The summed E-state index contributed by atoms with van der Waals surface area (Å²) in [5.74, 6) is -0.855. The van der Waals surface area contributed by atoms with Gasteiger partial charge in [0, 0.05) is 18.2 Å². The molecule has 0 radical (unpaired) electrons. The molecule has 0 saturated carbocycles. The minimum atomic E-state index is -0.604. The van der Waals surface area contributed by atoms with E-state index in [0.29, 0.717) is 11.3 Å². The van der Waals surface area contributed by atoms with Crippen LogP contribution >= 0.6 is 22.9 Å². The van der Waals surface area contributed by atoms with Crippen LogP contribution in [0.4, 0.5) is 4.39 Å². The fourth-order valence-corrected chi connectivity index (χ4v) is 3.26. The molecule has 3 rings (SSSR count). The first kappa shape index (κ1) is 18.4. The van der Waals surface area contributed by atoms with Crippen LogP contribution in [0, 0.1) is 12.7 Å². The number of aryl methyl sites for hydroxylation is 1. The number of thiophene rings is 1. The van der Waals surface area contributed by atoms with Gasteiger partial charge in [-0.3, -0.25) is 9.59 Å². The molecule has 8 heteroatoms. The van der Waals surface area contributed by atoms with Gasteiger partial charge >= 0.3 is 0 Å². The zero-order chi connectivity index (χ0) is 18.7. The SMILES string of the molecule is Cc1csc(C(=O)NC2=CC(NC(=O)COc3ccc(Cl)c(F)c3)C2)c1. The normalized spacial score (nSPS) is 15.7. The lowest BCUT2D eigenvalue weighted by atomic mass is 9.99. The highest BCUT2D eigenvalue weighted by Gasteiger charge is 2.23. The zero-order valence-electron chi connectivity index (χ0n) is 13.8. The van der Waals surface area contributed by atoms with Crippen LogP contribution in [0.5, 0.6) is 5.75 Å². The van der Waals surface area contributed by atoms with Gasteiger partial charge in [-0.05, 0) is 42.1 Å². The van der Waals surface area contributed by atoms with E-state index in [1.165, 1.54) is 23.5 Å². The molecular formula is C18H16ClFN2O3S. The van der Waals surface area contributed by atoms with Gasteiger partial charge < -0.3 is 15.4 Å². The Morgan fingerprint density at radius 2 is 2.15 bits per heavy atom. The average Bonchev–Trinajstić information content (AvgIpc) is 3.00. The van der Waals surface area contributed by atoms with Gasteiger partial charge in [0.15, 0.2) is 6.61 Å². The molecule has 1 aliphatic carbocycles. The summed E-state index contributed by atoms with van der Waals surface area (Å²) in [6.07, 6.45) is 2.32. The number of halogens is 2. The van der Waals surface area contributed by atoms with E-state index in [4.69, 9.17) is 16.3 Å². The van der Waals surface area contributed by atoms with Crippen molar-refractivity contribution in [1.29, 1.82) is 0 Å². The summed E-state index contributed by atoms with van der Waals surface area (Å²) in [5, 5.41) is 7.48. The molecule has 0 aliphatic heterocycles. The largest absolute Gasteiger partial charge is 0.484 e. The number of ether oxygens (including phenoxy) is 1. The number of carbonyl (C=O) groups excluding carboxylic acids is 2. The highest BCUT2D eigenvalue weighted by Crippen LogP contribution is 2.21. The van der Waals surface area contributed by atoms with Crippen molar-refractivity contribution in [2.45, 2.75) is 19.4 Å². The number of hydrogen-bond donors (Lipinski definition) is 2. The van der Waals surface area contributed by atoms with Crippen molar-refractivity contribution >= 4 is 34.8 Å². The van der Waals surface area contributed by atoms with E-state index < -0.39 is 5.82 Å². The van der Waals surface area contributed by atoms with E-state index in [1.54, 1.807) is 6.08 Å². The van der Waals surface area contributed by atoms with Crippen molar-refractivity contribution in [1.82, 2.24) is 10.6 Å². The molecule has 26 heavy (non-hydrogen) atoms. The number of rotatable bonds is 6. The maximum atomic E-state index is 13.3. The Hall–Kier alpha value is -2.38. The molecule has 0 spiro atoms. The van der Waals surface area contributed by atoms with Gasteiger partial charge in [-0.25, -0.2) is 4.39 Å². The Balaban J connectivity index is 1.42. The van der Waals surface area contributed by atoms with Crippen LogP contribution in [0.1, 0.15) is 21.7 Å². The van der Waals surface area contributed by atoms with Gasteiger partial charge in [-0.15, -0.1) is 11.3 Å². The number of nitrogens with one attached hydrogen (secondary N) is 2. The molecule has 2 aromatic rings. The number of carbonyl (C=O) groups is 2. The minimum absolute atomic E-state index is 0.00584. The highest BCUT2D eigenvalue weighted by molar-refractivity contribution is 7.12. The molecule has 0 bridgehead atoms. The second-order valence-electron chi connectivity index (χ2n) is 5.88. The lowest BCUT2D eigenvalue weighted by Gasteiger charge is -2.26. The summed E-state index contributed by atoms with van der Waals surface area (Å²) >= 11 is 6.97. The fourth-order valence-electron chi connectivity index (χ4n) is 2.35. The van der Waals surface area contributed by atoms with E-state index >= 15 is 0 Å². The van der Waals surface area contributed by atoms with E-state index in [2.05, 4.69) is 10.6 Å². The van der Waals surface area contributed by atoms with Crippen molar-refractivity contribution < 1.29 is 18.7 Å². The third-order valence-electron chi connectivity index (χ3n) is 3.68. The topological polar surface area (TPSA) is 67.4 Å². The van der Waals surface area contributed by atoms with E-state index in [0.717, 1.165) is 17.3 Å². The summed E-state index contributed by atoms with van der Waals surface area (Å²) in [5.41, 5.74) is 1.82. The van der Waals surface area contributed by atoms with Gasteiger partial charge in [0.2, 0.25) is 0 Å². The number of amides is 2. The molecule has 1 aliphatic rings. The van der Waals surface area contributed by atoms with Crippen molar-refractivity contribution in [3.63, 3.8) is 0 Å². The predicted octanol–water partition coefficient (Wildman–Crippen LogP) is 3.43. The average molecular weight is 395 g/mol. The molecule has 1 unspecified atom stereocenters. The molecule has 1 heterocycles. The Morgan fingerprint density at radius 1 is 1.38 bits per heavy atom. The van der Waals surface area contributed by atoms with Gasteiger partial charge in [-0.2, -0.15) is 0 Å². The van der Waals surface area contributed by atoms with Crippen LogP contribution in [0.2, 0.25) is 5.02 Å². The molecule has 2 N–H and O–H groups in total. The first-order valence-corrected chi connectivity index (χ1v) is 9.11. The van der Waals surface area contributed by atoms with Gasteiger partial charge in [0.1, 0.15) is 11.6 Å². The second-order valence-corrected chi connectivity index (χ2v) is 7.20. The summed E-state index contributed by atoms with van der Waals surface area (Å²) in [7, 11) is 0. The van der Waals surface area contributed by atoms with Crippen LogP contribution in [-0.4, -0.2) is 24.5 Å². The minimum Gasteiger partial charge on any atom is -0.484 e. The zero-order valence-corrected chi connectivity index (χ0v) is 15.4. The molecule has 2 amide bonds.